The number of amides is 2. The van der Waals surface area contributed by atoms with Gasteiger partial charge in [-0.3, -0.25) is 14.5 Å². The van der Waals surface area contributed by atoms with Crippen molar-refractivity contribution in [2.24, 2.45) is 0 Å². The minimum absolute atomic E-state index is 0.0351. The second-order valence-electron chi connectivity index (χ2n) is 7.75. The third-order valence-electron chi connectivity index (χ3n) is 6.01. The first-order valence-electron chi connectivity index (χ1n) is 9.62. The number of likely N-dealkylation sites (tertiary alicyclic amines) is 1. The molecule has 1 spiro atoms. The van der Waals surface area contributed by atoms with Gasteiger partial charge in [0.05, 0.1) is 19.2 Å². The number of hydrogen-bond donors (Lipinski definition) is 0. The van der Waals surface area contributed by atoms with E-state index in [1.54, 1.807) is 48.4 Å². The molecule has 0 aromatic heterocycles. The van der Waals surface area contributed by atoms with Crippen molar-refractivity contribution in [1.29, 1.82) is 0 Å². The molecule has 0 N–H and O–H groups in total. The van der Waals surface area contributed by atoms with Crippen LogP contribution in [0.3, 0.4) is 0 Å². The van der Waals surface area contributed by atoms with E-state index in [0.717, 1.165) is 6.42 Å². The van der Waals surface area contributed by atoms with Crippen molar-refractivity contribution >= 4 is 17.5 Å². The maximum Gasteiger partial charge on any atom is 0.253 e. The van der Waals surface area contributed by atoms with E-state index in [4.69, 9.17) is 4.74 Å². The fourth-order valence-corrected chi connectivity index (χ4v) is 4.23. The number of halogens is 1. The lowest BCUT2D eigenvalue weighted by Crippen LogP contribution is -2.64. The number of carbonyl (C=O) groups is 2. The first-order valence-corrected chi connectivity index (χ1v) is 9.62. The fraction of sp³-hybridized carbons (Fsp3) is 0.364. The van der Waals surface area contributed by atoms with Crippen LogP contribution in [0.4, 0.5) is 10.1 Å². The van der Waals surface area contributed by atoms with Crippen LogP contribution in [0.25, 0.3) is 0 Å². The van der Waals surface area contributed by atoms with E-state index >= 15 is 0 Å². The quantitative estimate of drug-likeness (QED) is 0.798. The van der Waals surface area contributed by atoms with Gasteiger partial charge in [0.25, 0.3) is 5.91 Å². The van der Waals surface area contributed by atoms with Gasteiger partial charge >= 0.3 is 0 Å². The van der Waals surface area contributed by atoms with Crippen molar-refractivity contribution < 1.29 is 18.7 Å². The Labute approximate surface area is 169 Å². The summed E-state index contributed by atoms with van der Waals surface area (Å²) in [7, 11) is 3.51. The van der Waals surface area contributed by atoms with Crippen molar-refractivity contribution in [3.8, 4) is 5.75 Å². The first-order chi connectivity index (χ1) is 13.9. The third kappa shape index (κ3) is 3.58. The second kappa shape index (κ2) is 7.48. The van der Waals surface area contributed by atoms with Crippen molar-refractivity contribution in [2.45, 2.75) is 12.0 Å². The lowest BCUT2D eigenvalue weighted by atomic mass is 9.92. The summed E-state index contributed by atoms with van der Waals surface area (Å²) < 4.78 is 18.8. The third-order valence-corrected chi connectivity index (χ3v) is 6.01. The molecule has 0 saturated carbocycles. The molecule has 2 aliphatic rings. The summed E-state index contributed by atoms with van der Waals surface area (Å²) >= 11 is 0. The van der Waals surface area contributed by atoms with Crippen LogP contribution in [-0.4, -0.2) is 67.5 Å². The number of likely N-dealkylation sites (N-methyl/N-ethyl adjacent to an activating group) is 1. The van der Waals surface area contributed by atoms with Gasteiger partial charge in [0.2, 0.25) is 5.91 Å². The molecule has 0 unspecified atom stereocenters. The molecule has 6 nitrogen and oxygen atoms in total. The molecule has 0 radical (unpaired) electrons. The molecule has 2 heterocycles. The molecule has 0 bridgehead atoms. The van der Waals surface area contributed by atoms with Crippen LogP contribution in [0.1, 0.15) is 16.8 Å². The normalized spacial score (nSPS) is 22.4. The largest absolute Gasteiger partial charge is 0.497 e. The van der Waals surface area contributed by atoms with Crippen LogP contribution in [0.15, 0.2) is 48.5 Å². The highest BCUT2D eigenvalue weighted by Gasteiger charge is 2.48. The van der Waals surface area contributed by atoms with Crippen molar-refractivity contribution in [2.75, 3.05) is 45.2 Å². The number of hydrogen-bond acceptors (Lipinski definition) is 4. The van der Waals surface area contributed by atoms with Crippen LogP contribution in [-0.2, 0) is 4.79 Å². The molecule has 0 aliphatic carbocycles. The number of carbonyl (C=O) groups excluding carboxylic acids is 2. The Hall–Kier alpha value is -2.93. The fourth-order valence-electron chi connectivity index (χ4n) is 4.23. The predicted molar refractivity (Wildman–Crippen MR) is 108 cm³/mol. The molecule has 2 aromatic carbocycles. The SMILES string of the molecule is COc1ccc(C(=O)N2CC[C@]3(C2)CN(c2cccc(F)c2)C(=O)CN3C)cc1. The van der Waals surface area contributed by atoms with Gasteiger partial charge in [0, 0.05) is 30.9 Å². The van der Waals surface area contributed by atoms with Crippen LogP contribution in [0, 0.1) is 5.82 Å². The van der Waals surface area contributed by atoms with Gasteiger partial charge in [0.15, 0.2) is 0 Å². The zero-order valence-corrected chi connectivity index (χ0v) is 16.6. The van der Waals surface area contributed by atoms with Crippen molar-refractivity contribution in [3.63, 3.8) is 0 Å². The lowest BCUT2D eigenvalue weighted by Gasteiger charge is -2.46. The van der Waals surface area contributed by atoms with Crippen molar-refractivity contribution in [1.82, 2.24) is 9.80 Å². The second-order valence-corrected chi connectivity index (χ2v) is 7.75. The standard InChI is InChI=1S/C22H24FN3O3/c1-24-13-20(27)26(18-5-3-4-17(23)12-18)15-22(24)10-11-25(14-22)21(28)16-6-8-19(29-2)9-7-16/h3-9,12H,10-11,13-15H2,1-2H3/t22-/m0/s1. The van der Waals surface area contributed by atoms with Gasteiger partial charge < -0.3 is 14.5 Å². The summed E-state index contributed by atoms with van der Waals surface area (Å²) in [6, 6.07) is 13.2. The van der Waals surface area contributed by atoms with Crippen molar-refractivity contribution in [3.05, 3.63) is 59.9 Å². The van der Waals surface area contributed by atoms with E-state index in [9.17, 15) is 14.0 Å². The summed E-state index contributed by atoms with van der Waals surface area (Å²) in [5.41, 5.74) is 0.823. The molecular weight excluding hydrogens is 373 g/mol. The number of anilines is 1. The zero-order valence-electron chi connectivity index (χ0n) is 16.6. The van der Waals surface area contributed by atoms with E-state index < -0.39 is 0 Å². The van der Waals surface area contributed by atoms with E-state index in [2.05, 4.69) is 0 Å². The molecule has 2 amide bonds. The maximum atomic E-state index is 13.7. The van der Waals surface area contributed by atoms with Gasteiger partial charge in [-0.25, -0.2) is 4.39 Å². The summed E-state index contributed by atoms with van der Waals surface area (Å²) in [6.07, 6.45) is 0.754. The number of ether oxygens (including phenoxy) is 1. The number of nitrogens with zero attached hydrogens (tertiary/aromatic N) is 3. The Bertz CT molecular complexity index is 933. The molecule has 152 valence electrons. The highest BCUT2D eigenvalue weighted by atomic mass is 19.1. The molecule has 7 heteroatoms. The summed E-state index contributed by atoms with van der Waals surface area (Å²) in [5.74, 6) is 0.234. The molecule has 2 aromatic rings. The Morgan fingerprint density at radius 1 is 1.14 bits per heavy atom. The van der Waals surface area contributed by atoms with Gasteiger partial charge in [-0.05, 0) is 55.9 Å². The molecule has 29 heavy (non-hydrogen) atoms. The van der Waals surface area contributed by atoms with E-state index in [-0.39, 0.29) is 29.7 Å². The Kier molecular flexibility index (Phi) is 5.00. The van der Waals surface area contributed by atoms with Crippen LogP contribution < -0.4 is 9.64 Å². The highest BCUT2D eigenvalue weighted by molar-refractivity contribution is 5.97. The molecule has 2 aliphatic heterocycles. The molecule has 2 saturated heterocycles. The average molecular weight is 397 g/mol. The van der Waals surface area contributed by atoms with Gasteiger partial charge in [-0.1, -0.05) is 6.07 Å². The first kappa shape index (κ1) is 19.4. The summed E-state index contributed by atoms with van der Waals surface area (Å²) in [6.45, 7) is 1.80. The van der Waals surface area contributed by atoms with E-state index in [1.165, 1.54) is 12.1 Å². The summed E-state index contributed by atoms with van der Waals surface area (Å²) in [5, 5.41) is 0. The van der Waals surface area contributed by atoms with Crippen LogP contribution >= 0.6 is 0 Å². The van der Waals surface area contributed by atoms with E-state index in [0.29, 0.717) is 36.6 Å². The molecular formula is C22H24FN3O3. The van der Waals surface area contributed by atoms with Gasteiger partial charge in [-0.2, -0.15) is 0 Å². The molecule has 2 fully saturated rings. The maximum absolute atomic E-state index is 13.7. The number of rotatable bonds is 3. The number of benzene rings is 2. The Morgan fingerprint density at radius 2 is 1.90 bits per heavy atom. The Morgan fingerprint density at radius 3 is 2.59 bits per heavy atom. The number of methoxy groups -OCH3 is 1. The molecule has 1 atom stereocenters. The number of piperazine rings is 1. The average Bonchev–Trinajstić information content (AvgIpc) is 3.16. The Balaban J connectivity index is 1.54. The predicted octanol–water partition coefficient (Wildman–Crippen LogP) is 2.40. The van der Waals surface area contributed by atoms with Crippen LogP contribution in [0.2, 0.25) is 0 Å². The summed E-state index contributed by atoms with van der Waals surface area (Å²) in [4.78, 5) is 31.1. The van der Waals surface area contributed by atoms with E-state index in [1.807, 2.05) is 16.8 Å². The monoisotopic (exact) mass is 397 g/mol. The minimum Gasteiger partial charge on any atom is -0.497 e. The lowest BCUT2D eigenvalue weighted by molar-refractivity contribution is -0.123. The van der Waals surface area contributed by atoms with Crippen LogP contribution in [0.5, 0.6) is 5.75 Å². The zero-order chi connectivity index (χ0) is 20.6. The van der Waals surface area contributed by atoms with Gasteiger partial charge in [-0.15, -0.1) is 0 Å². The highest BCUT2D eigenvalue weighted by Crippen LogP contribution is 2.34. The molecule has 4 rings (SSSR count). The van der Waals surface area contributed by atoms with Gasteiger partial charge in [0.1, 0.15) is 11.6 Å². The minimum atomic E-state index is -0.369. The topological polar surface area (TPSA) is 53.1 Å². The smallest absolute Gasteiger partial charge is 0.253 e.